The van der Waals surface area contributed by atoms with E-state index in [-0.39, 0.29) is 0 Å². The van der Waals surface area contributed by atoms with Crippen LogP contribution in [0.25, 0.3) is 0 Å². The summed E-state index contributed by atoms with van der Waals surface area (Å²) in [5.74, 6) is 1.70. The fourth-order valence-corrected chi connectivity index (χ4v) is 1.71. The lowest BCUT2D eigenvalue weighted by atomic mass is 10.2. The van der Waals surface area contributed by atoms with E-state index in [1.807, 2.05) is 18.2 Å². The van der Waals surface area contributed by atoms with E-state index in [1.54, 1.807) is 0 Å². The SMILES string of the molecule is CC(C)NCc1ccccc1OCOCC1CC1. The molecule has 1 fully saturated rings. The van der Waals surface area contributed by atoms with Gasteiger partial charge in [-0.05, 0) is 24.8 Å². The number of benzene rings is 1. The van der Waals surface area contributed by atoms with Crippen LogP contribution in [0.1, 0.15) is 32.3 Å². The van der Waals surface area contributed by atoms with Crippen LogP contribution in [-0.4, -0.2) is 19.4 Å². The molecule has 0 atom stereocenters. The Morgan fingerprint density at radius 2 is 2.06 bits per heavy atom. The van der Waals surface area contributed by atoms with Crippen LogP contribution in [0.15, 0.2) is 24.3 Å². The third-order valence-corrected chi connectivity index (χ3v) is 3.02. The van der Waals surface area contributed by atoms with Gasteiger partial charge in [0, 0.05) is 18.2 Å². The molecule has 18 heavy (non-hydrogen) atoms. The highest BCUT2D eigenvalue weighted by Crippen LogP contribution is 2.28. The molecule has 0 heterocycles. The molecule has 1 aliphatic rings. The second-order valence-electron chi connectivity index (χ2n) is 5.22. The van der Waals surface area contributed by atoms with Gasteiger partial charge in [0.1, 0.15) is 5.75 Å². The van der Waals surface area contributed by atoms with Crippen LogP contribution in [0.3, 0.4) is 0 Å². The van der Waals surface area contributed by atoms with E-state index in [2.05, 4.69) is 25.2 Å². The molecule has 2 rings (SSSR count). The van der Waals surface area contributed by atoms with Gasteiger partial charge < -0.3 is 14.8 Å². The molecular formula is C15H23NO2. The van der Waals surface area contributed by atoms with Gasteiger partial charge >= 0.3 is 0 Å². The van der Waals surface area contributed by atoms with Gasteiger partial charge in [0.2, 0.25) is 0 Å². The third kappa shape index (κ3) is 4.67. The molecule has 0 aliphatic heterocycles. The van der Waals surface area contributed by atoms with Crippen LogP contribution in [0, 0.1) is 5.92 Å². The quantitative estimate of drug-likeness (QED) is 0.567. The molecule has 0 amide bonds. The molecule has 0 saturated heterocycles. The van der Waals surface area contributed by atoms with Gasteiger partial charge in [-0.25, -0.2) is 0 Å². The van der Waals surface area contributed by atoms with Crippen molar-refractivity contribution in [1.82, 2.24) is 5.32 Å². The first-order chi connectivity index (χ1) is 8.75. The first-order valence-electron chi connectivity index (χ1n) is 6.77. The smallest absolute Gasteiger partial charge is 0.189 e. The molecule has 3 heteroatoms. The van der Waals surface area contributed by atoms with Crippen molar-refractivity contribution in [2.45, 2.75) is 39.3 Å². The fraction of sp³-hybridized carbons (Fsp3) is 0.600. The highest BCUT2D eigenvalue weighted by atomic mass is 16.7. The number of para-hydroxylation sites is 1. The van der Waals surface area contributed by atoms with E-state index in [9.17, 15) is 0 Å². The van der Waals surface area contributed by atoms with Gasteiger partial charge in [-0.3, -0.25) is 0 Å². The van der Waals surface area contributed by atoms with Crippen molar-refractivity contribution in [2.24, 2.45) is 5.92 Å². The highest BCUT2D eigenvalue weighted by Gasteiger charge is 2.21. The summed E-state index contributed by atoms with van der Waals surface area (Å²) in [7, 11) is 0. The van der Waals surface area contributed by atoms with Crippen molar-refractivity contribution >= 4 is 0 Å². The van der Waals surface area contributed by atoms with Crippen LogP contribution < -0.4 is 10.1 Å². The van der Waals surface area contributed by atoms with Gasteiger partial charge in [0.15, 0.2) is 6.79 Å². The average Bonchev–Trinajstić information content (AvgIpc) is 3.17. The number of nitrogens with one attached hydrogen (secondary N) is 1. The summed E-state index contributed by atoms with van der Waals surface area (Å²) in [6.07, 6.45) is 2.63. The minimum atomic E-state index is 0.356. The highest BCUT2D eigenvalue weighted by molar-refractivity contribution is 5.33. The lowest BCUT2D eigenvalue weighted by molar-refractivity contribution is 0.00941. The first-order valence-corrected chi connectivity index (χ1v) is 6.77. The maximum atomic E-state index is 5.69. The van der Waals surface area contributed by atoms with Gasteiger partial charge in [0.05, 0.1) is 6.61 Å². The van der Waals surface area contributed by atoms with Crippen molar-refractivity contribution in [3.63, 3.8) is 0 Å². The summed E-state index contributed by atoms with van der Waals surface area (Å²) in [5, 5.41) is 3.40. The zero-order valence-electron chi connectivity index (χ0n) is 11.3. The molecule has 1 N–H and O–H groups in total. The van der Waals surface area contributed by atoms with Gasteiger partial charge in [0.25, 0.3) is 0 Å². The Morgan fingerprint density at radius 1 is 1.28 bits per heavy atom. The second-order valence-corrected chi connectivity index (χ2v) is 5.22. The molecule has 3 nitrogen and oxygen atoms in total. The van der Waals surface area contributed by atoms with Crippen LogP contribution in [0.2, 0.25) is 0 Å². The molecule has 0 spiro atoms. The summed E-state index contributed by atoms with van der Waals surface area (Å²) in [6.45, 7) is 6.31. The molecule has 1 aromatic carbocycles. The predicted molar refractivity (Wildman–Crippen MR) is 72.6 cm³/mol. The third-order valence-electron chi connectivity index (χ3n) is 3.02. The van der Waals surface area contributed by atoms with Crippen molar-refractivity contribution < 1.29 is 9.47 Å². The van der Waals surface area contributed by atoms with Crippen LogP contribution in [-0.2, 0) is 11.3 Å². The maximum absolute atomic E-state index is 5.69. The predicted octanol–water partition coefficient (Wildman–Crippen LogP) is 2.95. The Hall–Kier alpha value is -1.06. The molecule has 0 unspecified atom stereocenters. The Kier molecular flexibility index (Phi) is 5.02. The largest absolute Gasteiger partial charge is 0.467 e. The van der Waals surface area contributed by atoms with Crippen LogP contribution >= 0.6 is 0 Å². The normalized spacial score (nSPS) is 15.1. The zero-order valence-corrected chi connectivity index (χ0v) is 11.3. The number of hydrogen-bond donors (Lipinski definition) is 1. The van der Waals surface area contributed by atoms with E-state index in [1.165, 1.54) is 18.4 Å². The summed E-state index contributed by atoms with van der Waals surface area (Å²) >= 11 is 0. The first kappa shape index (κ1) is 13.4. The van der Waals surface area contributed by atoms with Crippen molar-refractivity contribution in [3.05, 3.63) is 29.8 Å². The topological polar surface area (TPSA) is 30.5 Å². The summed E-state index contributed by atoms with van der Waals surface area (Å²) in [5.41, 5.74) is 1.18. The van der Waals surface area contributed by atoms with E-state index in [4.69, 9.17) is 9.47 Å². The Morgan fingerprint density at radius 3 is 2.78 bits per heavy atom. The molecule has 0 radical (unpaired) electrons. The summed E-state index contributed by atoms with van der Waals surface area (Å²) < 4.78 is 11.2. The minimum Gasteiger partial charge on any atom is -0.467 e. The van der Waals surface area contributed by atoms with E-state index < -0.39 is 0 Å². The van der Waals surface area contributed by atoms with Crippen molar-refractivity contribution in [1.29, 1.82) is 0 Å². The van der Waals surface area contributed by atoms with Gasteiger partial charge in [-0.1, -0.05) is 32.0 Å². The zero-order chi connectivity index (χ0) is 12.8. The van der Waals surface area contributed by atoms with Crippen LogP contribution in [0.5, 0.6) is 5.75 Å². The van der Waals surface area contributed by atoms with E-state index in [0.29, 0.717) is 12.8 Å². The number of rotatable bonds is 8. The molecule has 100 valence electrons. The van der Waals surface area contributed by atoms with E-state index in [0.717, 1.165) is 24.8 Å². The molecular weight excluding hydrogens is 226 g/mol. The van der Waals surface area contributed by atoms with E-state index >= 15 is 0 Å². The monoisotopic (exact) mass is 249 g/mol. The Labute approximate surface area is 109 Å². The summed E-state index contributed by atoms with van der Waals surface area (Å²) in [6, 6.07) is 8.59. The average molecular weight is 249 g/mol. The lowest BCUT2D eigenvalue weighted by Gasteiger charge is -2.13. The lowest BCUT2D eigenvalue weighted by Crippen LogP contribution is -2.22. The van der Waals surface area contributed by atoms with Crippen molar-refractivity contribution in [2.75, 3.05) is 13.4 Å². The molecule has 1 saturated carbocycles. The van der Waals surface area contributed by atoms with Gasteiger partial charge in [-0.15, -0.1) is 0 Å². The maximum Gasteiger partial charge on any atom is 0.189 e. The van der Waals surface area contributed by atoms with Crippen molar-refractivity contribution in [3.8, 4) is 5.75 Å². The standard InChI is InChI=1S/C15H23NO2/c1-12(2)16-9-14-5-3-4-6-15(14)18-11-17-10-13-7-8-13/h3-6,12-13,16H,7-11H2,1-2H3. The fourth-order valence-electron chi connectivity index (χ4n) is 1.71. The Balaban J connectivity index is 1.77. The summed E-state index contributed by atoms with van der Waals surface area (Å²) in [4.78, 5) is 0. The van der Waals surface area contributed by atoms with Gasteiger partial charge in [-0.2, -0.15) is 0 Å². The minimum absolute atomic E-state index is 0.356. The molecule has 1 aliphatic carbocycles. The molecule has 0 bridgehead atoms. The second kappa shape index (κ2) is 6.76. The number of ether oxygens (including phenoxy) is 2. The number of hydrogen-bond acceptors (Lipinski definition) is 3. The Bertz CT molecular complexity index is 361. The molecule has 1 aromatic rings. The van der Waals surface area contributed by atoms with Crippen LogP contribution in [0.4, 0.5) is 0 Å². The molecule has 0 aromatic heterocycles.